The Labute approximate surface area is 185 Å². The number of carbonyl (C=O) groups is 1. The topological polar surface area (TPSA) is 105 Å². The number of pyridine rings is 1. The first kappa shape index (κ1) is 23.3. The number of fused-ring (bicyclic) bond motifs is 1. The minimum absolute atomic E-state index is 0.0551. The third-order valence-electron chi connectivity index (χ3n) is 5.42. The van der Waals surface area contributed by atoms with Crippen LogP contribution in [0.15, 0.2) is 30.3 Å². The van der Waals surface area contributed by atoms with E-state index in [0.717, 1.165) is 12.8 Å². The number of nitrogens with zero attached hydrogens (tertiary/aromatic N) is 3. The van der Waals surface area contributed by atoms with Crippen molar-refractivity contribution < 1.29 is 18.3 Å². The van der Waals surface area contributed by atoms with Crippen LogP contribution in [0.4, 0.5) is 14.6 Å². The number of alkyl halides is 2. The van der Waals surface area contributed by atoms with Gasteiger partial charge in [-0.15, -0.1) is 0 Å². The van der Waals surface area contributed by atoms with Gasteiger partial charge in [-0.25, -0.2) is 4.98 Å². The number of ether oxygens (including phenoxy) is 1. The molecule has 1 aliphatic heterocycles. The smallest absolute Gasteiger partial charge is 0.387 e. The summed E-state index contributed by atoms with van der Waals surface area (Å²) in [4.78, 5) is 20.6. The molecular formula is C22H26F2N6O2. The minimum atomic E-state index is -2.99. The molecule has 0 saturated heterocycles. The number of aromatic nitrogens is 1. The van der Waals surface area contributed by atoms with E-state index in [4.69, 9.17) is 10.8 Å². The highest BCUT2D eigenvalue weighted by Crippen LogP contribution is 2.33. The molecule has 3 rings (SSSR count). The summed E-state index contributed by atoms with van der Waals surface area (Å²) in [6.07, 6.45) is 1.84. The molecular weight excluding hydrogens is 418 g/mol. The summed E-state index contributed by atoms with van der Waals surface area (Å²) in [5.41, 5.74) is 2.02. The standard InChI is InChI=1S/C22H26F2N6O2/c1-4-13(2)30(12-25)20(26)18-6-5-7-19(28-18)29-11-17-14(10-27-3)8-15(32-22(23)24)9-16(17)21(29)31/h5-9,12-13,22,25-27H,4,10-11H2,1-3H3. The SMILES string of the molecule is CCC(C)N(C=N)C(=N)c1cccc(N2Cc3c(CNC)cc(OC(F)F)cc3C2=O)n1. The average molecular weight is 444 g/mol. The van der Waals surface area contributed by atoms with Crippen LogP contribution in [0.25, 0.3) is 0 Å². The molecule has 1 aromatic carbocycles. The maximum absolute atomic E-state index is 13.1. The Morgan fingerprint density at radius 3 is 2.78 bits per heavy atom. The first-order chi connectivity index (χ1) is 15.3. The Morgan fingerprint density at radius 2 is 2.16 bits per heavy atom. The largest absolute Gasteiger partial charge is 0.435 e. The van der Waals surface area contributed by atoms with Crippen molar-refractivity contribution in [3.63, 3.8) is 0 Å². The lowest BCUT2D eigenvalue weighted by Gasteiger charge is -2.26. The van der Waals surface area contributed by atoms with Crippen molar-refractivity contribution >= 4 is 23.9 Å². The second-order valence-electron chi connectivity index (χ2n) is 7.43. The number of halogens is 2. The molecule has 32 heavy (non-hydrogen) atoms. The van der Waals surface area contributed by atoms with Gasteiger partial charge in [0.15, 0.2) is 5.84 Å². The number of hydrogen-bond acceptors (Lipinski definition) is 6. The van der Waals surface area contributed by atoms with Crippen LogP contribution < -0.4 is 15.0 Å². The van der Waals surface area contributed by atoms with Gasteiger partial charge in [0.2, 0.25) is 0 Å². The van der Waals surface area contributed by atoms with Crippen LogP contribution in [0.5, 0.6) is 5.75 Å². The van der Waals surface area contributed by atoms with Gasteiger partial charge in [-0.05, 0) is 55.8 Å². The van der Waals surface area contributed by atoms with E-state index < -0.39 is 6.61 Å². The van der Waals surface area contributed by atoms with E-state index in [1.165, 1.54) is 21.9 Å². The Morgan fingerprint density at radius 1 is 1.41 bits per heavy atom. The van der Waals surface area contributed by atoms with Crippen LogP contribution in [0.1, 0.15) is 47.4 Å². The summed E-state index contributed by atoms with van der Waals surface area (Å²) >= 11 is 0. The number of anilines is 1. The highest BCUT2D eigenvalue weighted by atomic mass is 19.3. The zero-order valence-corrected chi connectivity index (χ0v) is 18.2. The van der Waals surface area contributed by atoms with E-state index in [2.05, 4.69) is 15.0 Å². The number of amidine groups is 1. The number of amides is 1. The fraction of sp³-hybridized carbons (Fsp3) is 0.364. The quantitative estimate of drug-likeness (QED) is 0.405. The molecule has 0 spiro atoms. The molecule has 1 aromatic heterocycles. The van der Waals surface area contributed by atoms with Crippen LogP contribution in [0.3, 0.4) is 0 Å². The Bertz CT molecular complexity index is 1030. The molecule has 0 aliphatic carbocycles. The molecule has 0 bridgehead atoms. The number of nitrogens with one attached hydrogen (secondary N) is 3. The normalized spacial score (nSPS) is 13.8. The van der Waals surface area contributed by atoms with Crippen molar-refractivity contribution in [2.24, 2.45) is 0 Å². The van der Waals surface area contributed by atoms with Crippen molar-refractivity contribution in [1.82, 2.24) is 15.2 Å². The Balaban J connectivity index is 1.95. The van der Waals surface area contributed by atoms with E-state index in [0.29, 0.717) is 29.2 Å². The number of rotatable bonds is 9. The molecule has 2 aromatic rings. The highest BCUT2D eigenvalue weighted by molar-refractivity contribution is 6.10. The predicted octanol–water partition coefficient (Wildman–Crippen LogP) is 3.60. The highest BCUT2D eigenvalue weighted by Gasteiger charge is 2.32. The fourth-order valence-electron chi connectivity index (χ4n) is 3.61. The molecule has 1 unspecified atom stereocenters. The summed E-state index contributed by atoms with van der Waals surface area (Å²) in [6, 6.07) is 7.79. The lowest BCUT2D eigenvalue weighted by atomic mass is 10.0. The van der Waals surface area contributed by atoms with Crippen molar-refractivity contribution in [2.75, 3.05) is 11.9 Å². The van der Waals surface area contributed by atoms with Crippen LogP contribution >= 0.6 is 0 Å². The third kappa shape index (κ3) is 4.59. The van der Waals surface area contributed by atoms with Crippen molar-refractivity contribution in [3.8, 4) is 5.75 Å². The van der Waals surface area contributed by atoms with Gasteiger partial charge >= 0.3 is 6.61 Å². The van der Waals surface area contributed by atoms with E-state index >= 15 is 0 Å². The number of hydrogen-bond donors (Lipinski definition) is 3. The van der Waals surface area contributed by atoms with Crippen LogP contribution in [-0.2, 0) is 13.1 Å². The Kier molecular flexibility index (Phi) is 7.14. The van der Waals surface area contributed by atoms with Gasteiger partial charge < -0.3 is 15.0 Å². The molecule has 10 heteroatoms. The molecule has 0 radical (unpaired) electrons. The summed E-state index contributed by atoms with van der Waals surface area (Å²) < 4.78 is 30.0. The molecule has 0 fully saturated rings. The van der Waals surface area contributed by atoms with Crippen LogP contribution in [0, 0.1) is 10.8 Å². The van der Waals surface area contributed by atoms with Gasteiger partial charge in [-0.3, -0.25) is 20.5 Å². The minimum Gasteiger partial charge on any atom is -0.435 e. The number of benzene rings is 1. The third-order valence-corrected chi connectivity index (χ3v) is 5.42. The summed E-state index contributed by atoms with van der Waals surface area (Å²) in [6.45, 7) is 1.49. The molecule has 1 atom stereocenters. The first-order valence-corrected chi connectivity index (χ1v) is 10.2. The van der Waals surface area contributed by atoms with Crippen LogP contribution in [-0.4, -0.2) is 47.7 Å². The van der Waals surface area contributed by atoms with Gasteiger partial charge in [0.05, 0.1) is 12.9 Å². The number of carbonyl (C=O) groups excluding carboxylic acids is 1. The summed E-state index contributed by atoms with van der Waals surface area (Å²) in [7, 11) is 1.73. The van der Waals surface area contributed by atoms with E-state index in [9.17, 15) is 13.6 Å². The van der Waals surface area contributed by atoms with Gasteiger partial charge in [0.1, 0.15) is 17.3 Å². The molecule has 3 N–H and O–H groups in total. The zero-order valence-electron chi connectivity index (χ0n) is 18.2. The molecule has 8 nitrogen and oxygen atoms in total. The van der Waals surface area contributed by atoms with Gasteiger partial charge in [0.25, 0.3) is 5.91 Å². The molecule has 1 amide bonds. The van der Waals surface area contributed by atoms with E-state index in [1.54, 1.807) is 25.2 Å². The maximum Gasteiger partial charge on any atom is 0.387 e. The Hall–Kier alpha value is -3.40. The van der Waals surface area contributed by atoms with Crippen molar-refractivity contribution in [1.29, 1.82) is 10.8 Å². The fourth-order valence-corrected chi connectivity index (χ4v) is 3.61. The maximum atomic E-state index is 13.1. The van der Waals surface area contributed by atoms with Gasteiger partial charge in [-0.2, -0.15) is 8.78 Å². The summed E-state index contributed by atoms with van der Waals surface area (Å²) in [5.74, 6) is -0.0462. The first-order valence-electron chi connectivity index (χ1n) is 10.2. The lowest BCUT2D eigenvalue weighted by molar-refractivity contribution is -0.0499. The zero-order chi connectivity index (χ0) is 23.4. The molecule has 1 aliphatic rings. The second kappa shape index (κ2) is 9.82. The summed E-state index contributed by atoms with van der Waals surface area (Å²) in [5, 5.41) is 19.1. The monoisotopic (exact) mass is 444 g/mol. The molecule has 2 heterocycles. The van der Waals surface area contributed by atoms with Gasteiger partial charge in [-0.1, -0.05) is 13.0 Å². The average Bonchev–Trinajstić information content (AvgIpc) is 3.10. The molecule has 0 saturated carbocycles. The lowest BCUT2D eigenvalue weighted by Crippen LogP contribution is -2.37. The van der Waals surface area contributed by atoms with E-state index in [1.807, 2.05) is 13.8 Å². The van der Waals surface area contributed by atoms with Crippen molar-refractivity contribution in [2.45, 2.75) is 46.0 Å². The predicted molar refractivity (Wildman–Crippen MR) is 118 cm³/mol. The van der Waals surface area contributed by atoms with Crippen LogP contribution in [0.2, 0.25) is 0 Å². The van der Waals surface area contributed by atoms with Crippen molar-refractivity contribution in [3.05, 3.63) is 52.7 Å². The second-order valence-corrected chi connectivity index (χ2v) is 7.43. The van der Waals surface area contributed by atoms with Gasteiger partial charge in [0, 0.05) is 18.2 Å². The van der Waals surface area contributed by atoms with E-state index in [-0.39, 0.29) is 35.6 Å². The molecule has 170 valence electrons.